The molecule has 1 aromatic rings. The van der Waals surface area contributed by atoms with Crippen molar-refractivity contribution in [2.45, 2.75) is 39.3 Å². The summed E-state index contributed by atoms with van der Waals surface area (Å²) in [6.07, 6.45) is 5.27. The highest BCUT2D eigenvalue weighted by molar-refractivity contribution is 14.1. The average Bonchev–Trinajstić information content (AvgIpc) is 2.66. The van der Waals surface area contributed by atoms with Crippen molar-refractivity contribution >= 4 is 22.6 Å². The molecule has 0 saturated heterocycles. The summed E-state index contributed by atoms with van der Waals surface area (Å²) < 4.78 is 3.22. The Morgan fingerprint density at radius 3 is 3.07 bits per heavy atom. The molecule has 86 valence electrons. The van der Waals surface area contributed by atoms with Crippen molar-refractivity contribution in [2.24, 2.45) is 0 Å². The maximum absolute atomic E-state index is 4.24. The third kappa shape index (κ3) is 4.92. The maximum atomic E-state index is 4.24. The molecular weight excluding hydrogens is 303 g/mol. The number of nitrogens with one attached hydrogen (secondary N) is 1. The van der Waals surface area contributed by atoms with Crippen molar-refractivity contribution in [3.05, 3.63) is 12.2 Å². The summed E-state index contributed by atoms with van der Waals surface area (Å²) in [6.45, 7) is 5.02. The monoisotopic (exact) mass is 322 g/mol. The van der Waals surface area contributed by atoms with Crippen LogP contribution in [0.25, 0.3) is 0 Å². The van der Waals surface area contributed by atoms with Gasteiger partial charge in [0.05, 0.1) is 6.54 Å². The molecule has 0 aliphatic heterocycles. The van der Waals surface area contributed by atoms with Crippen molar-refractivity contribution < 1.29 is 0 Å². The Labute approximate surface area is 105 Å². The van der Waals surface area contributed by atoms with Crippen LogP contribution >= 0.6 is 22.6 Å². The number of nitrogens with zero attached hydrogens (tertiary/aromatic N) is 3. The fourth-order valence-electron chi connectivity index (χ4n) is 1.37. The van der Waals surface area contributed by atoms with E-state index in [0.29, 0.717) is 0 Å². The molecule has 0 aliphatic carbocycles. The van der Waals surface area contributed by atoms with Gasteiger partial charge in [0.1, 0.15) is 12.2 Å². The van der Waals surface area contributed by atoms with Gasteiger partial charge in [0.25, 0.3) is 0 Å². The largest absolute Gasteiger partial charge is 0.310 e. The van der Waals surface area contributed by atoms with E-state index in [1.807, 2.05) is 4.68 Å². The molecule has 0 atom stereocenters. The van der Waals surface area contributed by atoms with Crippen molar-refractivity contribution in [3.63, 3.8) is 0 Å². The lowest BCUT2D eigenvalue weighted by Gasteiger charge is -2.05. The van der Waals surface area contributed by atoms with Gasteiger partial charge in [-0.05, 0) is 30.2 Å². The molecule has 0 aromatic carbocycles. The fourth-order valence-corrected chi connectivity index (χ4v) is 1.91. The Bertz CT molecular complexity index is 262. The molecule has 1 heterocycles. The van der Waals surface area contributed by atoms with Gasteiger partial charge in [-0.15, -0.1) is 0 Å². The lowest BCUT2D eigenvalue weighted by Crippen LogP contribution is -2.18. The van der Waals surface area contributed by atoms with Gasteiger partial charge in [0.2, 0.25) is 0 Å². The van der Waals surface area contributed by atoms with E-state index in [2.05, 4.69) is 44.9 Å². The van der Waals surface area contributed by atoms with Gasteiger partial charge in [0.15, 0.2) is 0 Å². The number of aromatic nitrogens is 3. The first-order valence-electron chi connectivity index (χ1n) is 5.51. The molecule has 0 unspecified atom stereocenters. The third-order valence-corrected chi connectivity index (χ3v) is 2.91. The smallest absolute Gasteiger partial charge is 0.140 e. The molecule has 0 amide bonds. The Balaban J connectivity index is 2.21. The van der Waals surface area contributed by atoms with Crippen LogP contribution in [-0.2, 0) is 13.1 Å². The predicted octanol–water partition coefficient (Wildman–Crippen LogP) is 1.99. The molecule has 1 aromatic heterocycles. The number of halogens is 1. The summed E-state index contributed by atoms with van der Waals surface area (Å²) >= 11 is 2.41. The molecule has 0 fully saturated rings. The van der Waals surface area contributed by atoms with Crippen molar-refractivity contribution in [2.75, 3.05) is 11.0 Å². The summed E-state index contributed by atoms with van der Waals surface area (Å²) in [5, 5.41) is 7.58. The molecule has 0 spiro atoms. The molecule has 0 saturated carbocycles. The molecule has 0 radical (unpaired) electrons. The standard InChI is InChI=1S/C10H19IN4/c1-2-7-15-10(13-9-14-15)8-12-6-4-3-5-11/h9,12H,2-8H2,1H3. The predicted molar refractivity (Wildman–Crippen MR) is 70.1 cm³/mol. The van der Waals surface area contributed by atoms with Gasteiger partial charge in [0, 0.05) is 6.54 Å². The van der Waals surface area contributed by atoms with Crippen LogP contribution in [0.1, 0.15) is 32.0 Å². The van der Waals surface area contributed by atoms with Crippen molar-refractivity contribution in [3.8, 4) is 0 Å². The van der Waals surface area contributed by atoms with E-state index in [1.54, 1.807) is 6.33 Å². The Morgan fingerprint density at radius 2 is 2.33 bits per heavy atom. The average molecular weight is 322 g/mol. The first kappa shape index (κ1) is 12.9. The van der Waals surface area contributed by atoms with E-state index < -0.39 is 0 Å². The van der Waals surface area contributed by atoms with E-state index >= 15 is 0 Å². The van der Waals surface area contributed by atoms with Crippen LogP contribution in [0.5, 0.6) is 0 Å². The highest BCUT2D eigenvalue weighted by Crippen LogP contribution is 1.96. The zero-order chi connectivity index (χ0) is 10.9. The van der Waals surface area contributed by atoms with Gasteiger partial charge in [-0.1, -0.05) is 29.5 Å². The second-order valence-electron chi connectivity index (χ2n) is 3.47. The molecule has 0 aliphatic rings. The summed E-state index contributed by atoms with van der Waals surface area (Å²) in [6, 6.07) is 0. The quantitative estimate of drug-likeness (QED) is 0.452. The molecule has 5 heteroatoms. The zero-order valence-corrected chi connectivity index (χ0v) is 11.4. The fraction of sp³-hybridized carbons (Fsp3) is 0.800. The number of aryl methyl sites for hydroxylation is 1. The highest BCUT2D eigenvalue weighted by atomic mass is 127. The van der Waals surface area contributed by atoms with Gasteiger partial charge in [-0.25, -0.2) is 9.67 Å². The Hall–Kier alpha value is -0.170. The number of alkyl halides is 1. The van der Waals surface area contributed by atoms with E-state index in [1.165, 1.54) is 17.3 Å². The van der Waals surface area contributed by atoms with E-state index in [4.69, 9.17) is 0 Å². The third-order valence-electron chi connectivity index (χ3n) is 2.15. The lowest BCUT2D eigenvalue weighted by molar-refractivity contribution is 0.538. The van der Waals surface area contributed by atoms with Crippen LogP contribution < -0.4 is 5.32 Å². The number of rotatable bonds is 8. The van der Waals surface area contributed by atoms with E-state index in [0.717, 1.165) is 31.9 Å². The van der Waals surface area contributed by atoms with Gasteiger partial charge < -0.3 is 5.32 Å². The van der Waals surface area contributed by atoms with Crippen LogP contribution in [0, 0.1) is 0 Å². The first-order chi connectivity index (χ1) is 7.38. The highest BCUT2D eigenvalue weighted by Gasteiger charge is 2.01. The van der Waals surface area contributed by atoms with Crippen LogP contribution in [0.15, 0.2) is 6.33 Å². The molecule has 15 heavy (non-hydrogen) atoms. The molecule has 1 N–H and O–H groups in total. The number of unbranched alkanes of at least 4 members (excludes halogenated alkanes) is 1. The van der Waals surface area contributed by atoms with Crippen LogP contribution in [-0.4, -0.2) is 25.7 Å². The lowest BCUT2D eigenvalue weighted by atomic mass is 10.3. The molecular formula is C10H19IN4. The van der Waals surface area contributed by atoms with Gasteiger partial charge >= 0.3 is 0 Å². The SMILES string of the molecule is CCCn1ncnc1CNCCCCI. The minimum Gasteiger partial charge on any atom is -0.310 e. The maximum Gasteiger partial charge on any atom is 0.140 e. The Morgan fingerprint density at radius 1 is 1.47 bits per heavy atom. The van der Waals surface area contributed by atoms with Crippen LogP contribution in [0.2, 0.25) is 0 Å². The van der Waals surface area contributed by atoms with Gasteiger partial charge in [-0.3, -0.25) is 0 Å². The van der Waals surface area contributed by atoms with Crippen molar-refractivity contribution in [1.29, 1.82) is 0 Å². The molecule has 1 rings (SSSR count). The van der Waals surface area contributed by atoms with Crippen molar-refractivity contribution in [1.82, 2.24) is 20.1 Å². The zero-order valence-electron chi connectivity index (χ0n) is 9.25. The minimum atomic E-state index is 0.835. The topological polar surface area (TPSA) is 42.7 Å². The van der Waals surface area contributed by atoms with Gasteiger partial charge in [-0.2, -0.15) is 5.10 Å². The minimum absolute atomic E-state index is 0.835. The number of hydrogen-bond acceptors (Lipinski definition) is 3. The molecule has 0 bridgehead atoms. The summed E-state index contributed by atoms with van der Waals surface area (Å²) in [5.41, 5.74) is 0. The second-order valence-corrected chi connectivity index (χ2v) is 4.55. The first-order valence-corrected chi connectivity index (χ1v) is 7.04. The molecule has 4 nitrogen and oxygen atoms in total. The normalized spacial score (nSPS) is 10.8. The summed E-state index contributed by atoms with van der Waals surface area (Å²) in [4.78, 5) is 4.24. The summed E-state index contributed by atoms with van der Waals surface area (Å²) in [7, 11) is 0. The Kier molecular flexibility index (Phi) is 6.91. The van der Waals surface area contributed by atoms with E-state index in [-0.39, 0.29) is 0 Å². The second kappa shape index (κ2) is 8.04. The summed E-state index contributed by atoms with van der Waals surface area (Å²) in [5.74, 6) is 1.05. The van der Waals surface area contributed by atoms with E-state index in [9.17, 15) is 0 Å². The van der Waals surface area contributed by atoms with Crippen LogP contribution in [0.3, 0.4) is 0 Å². The van der Waals surface area contributed by atoms with Crippen LogP contribution in [0.4, 0.5) is 0 Å². The number of hydrogen-bond donors (Lipinski definition) is 1.